The van der Waals surface area contributed by atoms with Crippen LogP contribution in [0, 0.1) is 6.92 Å². The average Bonchev–Trinajstić information content (AvgIpc) is 3.05. The maximum atomic E-state index is 10.8. The van der Waals surface area contributed by atoms with Crippen molar-refractivity contribution in [1.29, 1.82) is 0 Å². The minimum Gasteiger partial charge on any atom is -0.492 e. The lowest BCUT2D eigenvalue weighted by Crippen LogP contribution is -2.44. The number of aryl methyl sites for hydroxylation is 1. The van der Waals surface area contributed by atoms with Crippen LogP contribution in [0.25, 0.3) is 0 Å². The lowest BCUT2D eigenvalue weighted by atomic mass is 9.74. The molecule has 5 nitrogen and oxygen atoms in total. The van der Waals surface area contributed by atoms with Crippen LogP contribution in [-0.4, -0.2) is 42.2 Å². The molecule has 30 heavy (non-hydrogen) atoms. The van der Waals surface area contributed by atoms with E-state index in [0.29, 0.717) is 19.8 Å². The lowest BCUT2D eigenvalue weighted by Gasteiger charge is -2.38. The molecule has 2 aromatic rings. The Morgan fingerprint density at radius 3 is 2.73 bits per heavy atom. The molecule has 0 unspecified atom stereocenters. The minimum atomic E-state index is -0.737. The quantitative estimate of drug-likeness (QED) is 0.679. The number of hydrogen-bond donors (Lipinski definition) is 1. The fraction of sp³-hybridized carbons (Fsp3) is 0.435. The second-order valence-corrected chi connectivity index (χ2v) is 8.44. The van der Waals surface area contributed by atoms with Crippen LogP contribution < -0.4 is 9.47 Å². The van der Waals surface area contributed by atoms with Crippen molar-refractivity contribution >= 4 is 30.0 Å². The van der Waals surface area contributed by atoms with E-state index in [2.05, 4.69) is 11.0 Å². The number of rotatable bonds is 6. The number of piperidine rings is 1. The summed E-state index contributed by atoms with van der Waals surface area (Å²) in [4.78, 5) is 13.0. The Balaban J connectivity index is 0.00000256. The summed E-state index contributed by atoms with van der Waals surface area (Å²) in [6.07, 6.45) is 2.17. The molecule has 1 N–H and O–H groups in total. The average molecular weight is 452 g/mol. The predicted molar refractivity (Wildman–Crippen MR) is 119 cm³/mol. The zero-order valence-corrected chi connectivity index (χ0v) is 18.6. The molecular formula is C23H27Cl2NO4. The van der Waals surface area contributed by atoms with Gasteiger partial charge in [0.25, 0.3) is 0 Å². The summed E-state index contributed by atoms with van der Waals surface area (Å²) in [5.41, 5.74) is 3.40. The van der Waals surface area contributed by atoms with Crippen LogP contribution in [-0.2, 0) is 16.8 Å². The first-order valence-corrected chi connectivity index (χ1v) is 10.4. The fourth-order valence-electron chi connectivity index (χ4n) is 4.32. The standard InChI is InChI=1S/C23H26ClNO4.ClH/c1-16-3-2-4-20(24)18(16)14-28-17-5-6-19-21(13-17)29-15-23(19)8-11-25(12-9-23)10-7-22(26)27;/h2-6,13H,7-12,14-15H2,1H3,(H,26,27);1H. The number of hydrogen-bond acceptors (Lipinski definition) is 4. The molecule has 162 valence electrons. The number of nitrogens with zero attached hydrogens (tertiary/aromatic N) is 1. The van der Waals surface area contributed by atoms with Gasteiger partial charge in [-0.25, -0.2) is 0 Å². The Bertz CT molecular complexity index is 890. The summed E-state index contributed by atoms with van der Waals surface area (Å²) in [6.45, 7) is 5.56. The van der Waals surface area contributed by atoms with Crippen LogP contribution in [0.4, 0.5) is 0 Å². The minimum absolute atomic E-state index is 0. The van der Waals surface area contributed by atoms with Crippen molar-refractivity contribution in [3.05, 3.63) is 58.1 Å². The molecule has 2 aliphatic rings. The Hall–Kier alpha value is -1.95. The van der Waals surface area contributed by atoms with E-state index in [1.165, 1.54) is 5.56 Å². The number of halogens is 2. The number of benzene rings is 2. The van der Waals surface area contributed by atoms with Crippen LogP contribution in [0.5, 0.6) is 11.5 Å². The molecule has 1 spiro atoms. The van der Waals surface area contributed by atoms with Crippen molar-refractivity contribution in [3.8, 4) is 11.5 Å². The molecule has 0 radical (unpaired) electrons. The number of ether oxygens (including phenoxy) is 2. The van der Waals surface area contributed by atoms with Gasteiger partial charge in [-0.15, -0.1) is 12.4 Å². The molecule has 1 saturated heterocycles. The molecule has 0 atom stereocenters. The SMILES string of the molecule is Cc1cccc(Cl)c1COc1ccc2c(c1)OCC21CCN(CCC(=O)O)CC1.Cl. The van der Waals surface area contributed by atoms with Crippen molar-refractivity contribution in [2.45, 2.75) is 38.2 Å². The van der Waals surface area contributed by atoms with E-state index in [0.717, 1.165) is 53.6 Å². The largest absolute Gasteiger partial charge is 0.492 e. The van der Waals surface area contributed by atoms with E-state index < -0.39 is 5.97 Å². The van der Waals surface area contributed by atoms with Gasteiger partial charge in [0.05, 0.1) is 13.0 Å². The Morgan fingerprint density at radius 2 is 2.03 bits per heavy atom. The van der Waals surface area contributed by atoms with Crippen LogP contribution in [0.1, 0.15) is 36.0 Å². The van der Waals surface area contributed by atoms with Crippen molar-refractivity contribution < 1.29 is 19.4 Å². The van der Waals surface area contributed by atoms with Gasteiger partial charge in [-0.3, -0.25) is 4.79 Å². The van der Waals surface area contributed by atoms with Gasteiger partial charge in [0, 0.05) is 34.2 Å². The molecule has 7 heteroatoms. The third-order valence-electron chi connectivity index (χ3n) is 6.22. The number of carbonyl (C=O) groups is 1. The summed E-state index contributed by atoms with van der Waals surface area (Å²) in [7, 11) is 0. The van der Waals surface area contributed by atoms with E-state index in [-0.39, 0.29) is 24.2 Å². The third kappa shape index (κ3) is 4.69. The van der Waals surface area contributed by atoms with Gasteiger partial charge in [-0.1, -0.05) is 29.8 Å². The molecule has 2 aromatic carbocycles. The first kappa shape index (κ1) is 22.7. The van der Waals surface area contributed by atoms with Crippen LogP contribution >= 0.6 is 24.0 Å². The van der Waals surface area contributed by atoms with Crippen LogP contribution in [0.2, 0.25) is 5.02 Å². The van der Waals surface area contributed by atoms with E-state index in [9.17, 15) is 4.79 Å². The van der Waals surface area contributed by atoms with Gasteiger partial charge in [0.15, 0.2) is 0 Å². The van der Waals surface area contributed by atoms with Crippen molar-refractivity contribution in [2.24, 2.45) is 0 Å². The first-order valence-electron chi connectivity index (χ1n) is 10.1. The maximum absolute atomic E-state index is 10.8. The van der Waals surface area contributed by atoms with Gasteiger partial charge in [-0.05, 0) is 50.6 Å². The normalized spacial score (nSPS) is 17.1. The van der Waals surface area contributed by atoms with Gasteiger partial charge in [0.1, 0.15) is 18.1 Å². The van der Waals surface area contributed by atoms with Gasteiger partial charge in [-0.2, -0.15) is 0 Å². The molecule has 4 rings (SSSR count). The summed E-state index contributed by atoms with van der Waals surface area (Å²) < 4.78 is 12.0. The maximum Gasteiger partial charge on any atom is 0.304 e. The highest BCUT2D eigenvalue weighted by molar-refractivity contribution is 6.31. The zero-order valence-electron chi connectivity index (χ0n) is 17.0. The van der Waals surface area contributed by atoms with E-state index in [4.69, 9.17) is 26.2 Å². The third-order valence-corrected chi connectivity index (χ3v) is 6.57. The molecule has 1 fully saturated rings. The Labute approximate surface area is 188 Å². The number of likely N-dealkylation sites (tertiary alicyclic amines) is 1. The topological polar surface area (TPSA) is 59.0 Å². The van der Waals surface area contributed by atoms with E-state index in [1.54, 1.807) is 0 Å². The number of carboxylic acids is 1. The highest BCUT2D eigenvalue weighted by Gasteiger charge is 2.43. The highest BCUT2D eigenvalue weighted by atomic mass is 35.5. The lowest BCUT2D eigenvalue weighted by molar-refractivity contribution is -0.137. The highest BCUT2D eigenvalue weighted by Crippen LogP contribution is 2.46. The van der Waals surface area contributed by atoms with Gasteiger partial charge < -0.3 is 19.5 Å². The molecular weight excluding hydrogens is 425 g/mol. The molecule has 0 aromatic heterocycles. The molecule has 2 heterocycles. The summed E-state index contributed by atoms with van der Waals surface area (Å²) >= 11 is 6.30. The van der Waals surface area contributed by atoms with E-state index in [1.807, 2.05) is 37.3 Å². The number of aliphatic carboxylic acids is 1. The number of fused-ring (bicyclic) bond motifs is 2. The molecule has 0 bridgehead atoms. The summed E-state index contributed by atoms with van der Waals surface area (Å²) in [5.74, 6) is 0.940. The second kappa shape index (κ2) is 9.46. The molecule has 0 aliphatic carbocycles. The molecule has 2 aliphatic heterocycles. The molecule has 0 saturated carbocycles. The van der Waals surface area contributed by atoms with Crippen molar-refractivity contribution in [3.63, 3.8) is 0 Å². The zero-order chi connectivity index (χ0) is 20.4. The van der Waals surface area contributed by atoms with Crippen LogP contribution in [0.3, 0.4) is 0 Å². The molecule has 0 amide bonds. The second-order valence-electron chi connectivity index (χ2n) is 8.04. The Morgan fingerprint density at radius 1 is 1.27 bits per heavy atom. The number of carboxylic acid groups (broad SMARTS) is 1. The first-order chi connectivity index (χ1) is 14.0. The monoisotopic (exact) mass is 451 g/mol. The van der Waals surface area contributed by atoms with Gasteiger partial charge in [0.2, 0.25) is 0 Å². The fourth-order valence-corrected chi connectivity index (χ4v) is 4.60. The predicted octanol–water partition coefficient (Wildman–Crippen LogP) is 4.85. The van der Waals surface area contributed by atoms with Crippen molar-refractivity contribution in [2.75, 3.05) is 26.2 Å². The van der Waals surface area contributed by atoms with Crippen LogP contribution in [0.15, 0.2) is 36.4 Å². The summed E-state index contributed by atoms with van der Waals surface area (Å²) in [6, 6.07) is 12.0. The van der Waals surface area contributed by atoms with E-state index >= 15 is 0 Å². The summed E-state index contributed by atoms with van der Waals surface area (Å²) in [5, 5.41) is 9.60. The Kier molecular flexibility index (Phi) is 7.17. The van der Waals surface area contributed by atoms with Crippen molar-refractivity contribution in [1.82, 2.24) is 4.90 Å². The van der Waals surface area contributed by atoms with Gasteiger partial charge >= 0.3 is 5.97 Å². The smallest absolute Gasteiger partial charge is 0.304 e.